The van der Waals surface area contributed by atoms with Gasteiger partial charge >= 0.3 is 0 Å². The highest BCUT2D eigenvalue weighted by molar-refractivity contribution is 14.0. The molecule has 0 amide bonds. The highest BCUT2D eigenvalue weighted by atomic mass is 127. The van der Waals surface area contributed by atoms with E-state index < -0.39 is 0 Å². The molecule has 1 rings (SSSR count). The fourth-order valence-corrected chi connectivity index (χ4v) is 1.53. The quantitative estimate of drug-likeness (QED) is 0.330. The lowest BCUT2D eigenvalue weighted by Crippen LogP contribution is -2.39. The predicted molar refractivity (Wildman–Crippen MR) is 85.9 cm³/mol. The molecule has 0 unspecified atom stereocenters. The second-order valence-electron chi connectivity index (χ2n) is 3.40. The van der Waals surface area contributed by atoms with Crippen LogP contribution >= 0.6 is 35.7 Å². The van der Waals surface area contributed by atoms with Crippen molar-refractivity contribution in [2.24, 2.45) is 4.99 Å². The second-order valence-corrected chi connectivity index (χ2v) is 4.39. The van der Waals surface area contributed by atoms with Crippen LogP contribution in [0.15, 0.2) is 9.52 Å². The highest BCUT2D eigenvalue weighted by Gasteiger charge is 2.02. The summed E-state index contributed by atoms with van der Waals surface area (Å²) in [6, 6.07) is 0. The van der Waals surface area contributed by atoms with Crippen LogP contribution in [0, 0.1) is 6.92 Å². The van der Waals surface area contributed by atoms with Crippen molar-refractivity contribution < 1.29 is 4.52 Å². The van der Waals surface area contributed by atoms with Crippen LogP contribution in [0.2, 0.25) is 0 Å². The number of halogens is 1. The minimum Gasteiger partial charge on any atom is -0.356 e. The van der Waals surface area contributed by atoms with E-state index in [4.69, 9.17) is 4.52 Å². The number of hydrogen-bond donors (Lipinski definition) is 2. The van der Waals surface area contributed by atoms with Crippen LogP contribution < -0.4 is 10.6 Å². The third kappa shape index (κ3) is 7.04. The lowest BCUT2D eigenvalue weighted by molar-refractivity contribution is 0.374. The molecule has 0 fully saturated rings. The van der Waals surface area contributed by atoms with Gasteiger partial charge in [0.1, 0.15) is 0 Å². The van der Waals surface area contributed by atoms with Crippen molar-refractivity contribution in [3.05, 3.63) is 11.7 Å². The van der Waals surface area contributed by atoms with Gasteiger partial charge in [-0.2, -0.15) is 16.7 Å². The maximum atomic E-state index is 5.01. The highest BCUT2D eigenvalue weighted by Crippen LogP contribution is 1.95. The van der Waals surface area contributed by atoms with Crippen molar-refractivity contribution in [2.45, 2.75) is 13.3 Å². The van der Waals surface area contributed by atoms with Crippen LogP contribution in [0.5, 0.6) is 0 Å². The van der Waals surface area contributed by atoms with Gasteiger partial charge in [0, 0.05) is 32.3 Å². The van der Waals surface area contributed by atoms with E-state index in [0.29, 0.717) is 18.1 Å². The van der Waals surface area contributed by atoms with Gasteiger partial charge in [-0.1, -0.05) is 5.16 Å². The molecule has 0 saturated carbocycles. The number of nitrogens with zero attached hydrogens (tertiary/aromatic N) is 3. The van der Waals surface area contributed by atoms with Gasteiger partial charge < -0.3 is 15.2 Å². The SMILES string of the molecule is CN=C(NCCSC)NCCc1nc(C)no1.I. The Labute approximate surface area is 129 Å². The number of aryl methyl sites for hydroxylation is 1. The first-order valence-electron chi connectivity index (χ1n) is 5.49. The van der Waals surface area contributed by atoms with Crippen LogP contribution in [0.1, 0.15) is 11.7 Å². The van der Waals surface area contributed by atoms with Crippen LogP contribution in [0.25, 0.3) is 0 Å². The van der Waals surface area contributed by atoms with E-state index in [1.54, 1.807) is 18.8 Å². The molecule has 0 aliphatic heterocycles. The van der Waals surface area contributed by atoms with Crippen molar-refractivity contribution in [3.8, 4) is 0 Å². The first-order chi connectivity index (χ1) is 8.26. The van der Waals surface area contributed by atoms with Gasteiger partial charge in [0.2, 0.25) is 5.89 Å². The Morgan fingerprint density at radius 3 is 2.67 bits per heavy atom. The standard InChI is InChI=1S/C10H19N5OS.HI/c1-8-14-9(16-15-8)4-5-12-10(11-2)13-6-7-17-3;/h4-7H2,1-3H3,(H2,11,12,13);1H. The Balaban J connectivity index is 0.00000289. The minimum absolute atomic E-state index is 0. The Morgan fingerprint density at radius 1 is 1.39 bits per heavy atom. The van der Waals surface area contributed by atoms with Crippen molar-refractivity contribution in [2.75, 3.05) is 32.1 Å². The Hall–Kier alpha value is -0.510. The van der Waals surface area contributed by atoms with Gasteiger partial charge in [0.05, 0.1) is 0 Å². The minimum atomic E-state index is 0. The van der Waals surface area contributed by atoms with E-state index in [2.05, 4.69) is 32.0 Å². The smallest absolute Gasteiger partial charge is 0.228 e. The molecule has 6 nitrogen and oxygen atoms in total. The van der Waals surface area contributed by atoms with Gasteiger partial charge in [-0.05, 0) is 13.2 Å². The third-order valence-electron chi connectivity index (χ3n) is 2.02. The average Bonchev–Trinajstić information content (AvgIpc) is 2.73. The van der Waals surface area contributed by atoms with Crippen LogP contribution in [0.3, 0.4) is 0 Å². The number of guanidine groups is 1. The fraction of sp³-hybridized carbons (Fsp3) is 0.700. The summed E-state index contributed by atoms with van der Waals surface area (Å²) in [5.41, 5.74) is 0. The van der Waals surface area contributed by atoms with Gasteiger partial charge in [-0.15, -0.1) is 24.0 Å². The molecule has 8 heteroatoms. The zero-order valence-corrected chi connectivity index (χ0v) is 14.0. The second kappa shape index (κ2) is 10.4. The van der Waals surface area contributed by atoms with Gasteiger partial charge in [0.15, 0.2) is 11.8 Å². The first-order valence-corrected chi connectivity index (χ1v) is 6.88. The van der Waals surface area contributed by atoms with E-state index in [-0.39, 0.29) is 24.0 Å². The number of thioether (sulfide) groups is 1. The lowest BCUT2D eigenvalue weighted by atomic mass is 10.4. The fourth-order valence-electron chi connectivity index (χ4n) is 1.22. The van der Waals surface area contributed by atoms with Gasteiger partial charge in [0.25, 0.3) is 0 Å². The lowest BCUT2D eigenvalue weighted by Gasteiger charge is -2.10. The van der Waals surface area contributed by atoms with E-state index in [1.165, 1.54) is 0 Å². The summed E-state index contributed by atoms with van der Waals surface area (Å²) in [6.07, 6.45) is 2.78. The molecule has 0 bridgehead atoms. The molecule has 0 saturated heterocycles. The summed E-state index contributed by atoms with van der Waals surface area (Å²) in [4.78, 5) is 8.24. The Kier molecular flexibility index (Phi) is 10.1. The molecule has 0 atom stereocenters. The molecule has 1 heterocycles. The molecule has 0 aliphatic rings. The van der Waals surface area contributed by atoms with E-state index >= 15 is 0 Å². The number of hydrogen-bond acceptors (Lipinski definition) is 5. The summed E-state index contributed by atoms with van der Waals surface area (Å²) in [7, 11) is 1.76. The Morgan fingerprint density at radius 2 is 2.11 bits per heavy atom. The predicted octanol–water partition coefficient (Wildman–Crippen LogP) is 1.07. The molecule has 1 aromatic heterocycles. The third-order valence-corrected chi connectivity index (χ3v) is 2.64. The Bertz CT molecular complexity index is 358. The van der Waals surface area contributed by atoms with Crippen LogP contribution in [-0.2, 0) is 6.42 Å². The molecule has 2 N–H and O–H groups in total. The summed E-state index contributed by atoms with van der Waals surface area (Å²) in [5, 5.41) is 10.1. The molecule has 0 aromatic carbocycles. The molecule has 1 aromatic rings. The molecule has 0 spiro atoms. The van der Waals surface area contributed by atoms with Crippen LogP contribution in [-0.4, -0.2) is 48.2 Å². The molecular formula is C10H20IN5OS. The molecular weight excluding hydrogens is 365 g/mol. The number of aliphatic imine (C=N–C) groups is 1. The molecule has 18 heavy (non-hydrogen) atoms. The van der Waals surface area contributed by atoms with E-state index in [1.807, 2.05) is 6.92 Å². The van der Waals surface area contributed by atoms with Crippen molar-refractivity contribution in [1.29, 1.82) is 0 Å². The largest absolute Gasteiger partial charge is 0.356 e. The maximum Gasteiger partial charge on any atom is 0.228 e. The zero-order valence-electron chi connectivity index (χ0n) is 10.9. The summed E-state index contributed by atoms with van der Waals surface area (Å²) in [5.74, 6) is 3.18. The van der Waals surface area contributed by atoms with Crippen molar-refractivity contribution in [1.82, 2.24) is 20.8 Å². The van der Waals surface area contributed by atoms with E-state index in [9.17, 15) is 0 Å². The average molecular weight is 385 g/mol. The van der Waals surface area contributed by atoms with Crippen LogP contribution in [0.4, 0.5) is 0 Å². The first kappa shape index (κ1) is 17.5. The molecule has 0 radical (unpaired) electrons. The molecule has 104 valence electrons. The monoisotopic (exact) mass is 385 g/mol. The summed E-state index contributed by atoms with van der Waals surface area (Å²) < 4.78 is 5.01. The maximum absolute atomic E-state index is 5.01. The van der Waals surface area contributed by atoms with E-state index in [0.717, 1.165) is 24.8 Å². The number of aromatic nitrogens is 2. The van der Waals surface area contributed by atoms with Gasteiger partial charge in [-0.3, -0.25) is 4.99 Å². The normalized spacial score (nSPS) is 10.9. The summed E-state index contributed by atoms with van der Waals surface area (Å²) in [6.45, 7) is 3.43. The summed E-state index contributed by atoms with van der Waals surface area (Å²) >= 11 is 1.80. The topological polar surface area (TPSA) is 75.3 Å². The molecule has 0 aliphatic carbocycles. The van der Waals surface area contributed by atoms with Crippen molar-refractivity contribution >= 4 is 41.7 Å². The van der Waals surface area contributed by atoms with Crippen molar-refractivity contribution in [3.63, 3.8) is 0 Å². The number of nitrogens with one attached hydrogen (secondary N) is 2. The number of rotatable bonds is 6. The van der Waals surface area contributed by atoms with Gasteiger partial charge in [-0.25, -0.2) is 0 Å². The zero-order chi connectivity index (χ0) is 12.5.